The van der Waals surface area contributed by atoms with Crippen LogP contribution in [0.25, 0.3) is 0 Å². The van der Waals surface area contributed by atoms with Crippen molar-refractivity contribution in [2.24, 2.45) is 0 Å². The van der Waals surface area contributed by atoms with Gasteiger partial charge in [0.1, 0.15) is 11.5 Å². The Morgan fingerprint density at radius 3 is 2.50 bits per heavy atom. The smallest absolute Gasteiger partial charge is 0.319 e. The summed E-state index contributed by atoms with van der Waals surface area (Å²) in [4.78, 5) is 12.0. The van der Waals surface area contributed by atoms with Gasteiger partial charge in [0.15, 0.2) is 6.79 Å². The number of carbonyl (C=O) groups excluding carboxylic acids is 1. The van der Waals surface area contributed by atoms with E-state index in [-0.39, 0.29) is 12.8 Å². The molecule has 0 aliphatic carbocycles. The second kappa shape index (κ2) is 11.0. The van der Waals surface area contributed by atoms with Crippen LogP contribution in [0.2, 0.25) is 0 Å². The number of ether oxygens (including phenoxy) is 4. The standard InChI is InChI=1S/C19H24N2O5/c1-23-11-12-25-14-26-16-9-7-15(8-10-16)13-20-19(22)21-17-5-3-4-6-18(17)24-2/h3-10H,11-14H2,1-2H3,(H2,20,21,22). The molecular formula is C19H24N2O5. The third kappa shape index (κ3) is 6.62. The van der Waals surface area contributed by atoms with Gasteiger partial charge in [0.05, 0.1) is 26.0 Å². The number of rotatable bonds is 10. The SMILES string of the molecule is COCCOCOc1ccc(CNC(=O)Nc2ccccc2OC)cc1. The van der Waals surface area contributed by atoms with Crippen LogP contribution >= 0.6 is 0 Å². The van der Waals surface area contributed by atoms with E-state index in [1.165, 1.54) is 0 Å². The van der Waals surface area contributed by atoms with E-state index < -0.39 is 0 Å². The second-order valence-electron chi connectivity index (χ2n) is 5.32. The fraction of sp³-hybridized carbons (Fsp3) is 0.316. The van der Waals surface area contributed by atoms with Crippen molar-refractivity contribution in [3.8, 4) is 11.5 Å². The zero-order valence-corrected chi connectivity index (χ0v) is 15.0. The average Bonchev–Trinajstić information content (AvgIpc) is 2.67. The molecular weight excluding hydrogens is 336 g/mol. The summed E-state index contributed by atoms with van der Waals surface area (Å²) in [5, 5.41) is 5.56. The summed E-state index contributed by atoms with van der Waals surface area (Å²) in [6.45, 7) is 1.58. The molecule has 0 radical (unpaired) electrons. The van der Waals surface area contributed by atoms with Crippen molar-refractivity contribution in [1.29, 1.82) is 0 Å². The maximum absolute atomic E-state index is 12.0. The molecule has 0 aliphatic heterocycles. The molecule has 0 atom stereocenters. The maximum atomic E-state index is 12.0. The number of methoxy groups -OCH3 is 2. The molecule has 2 aromatic carbocycles. The molecule has 0 spiro atoms. The van der Waals surface area contributed by atoms with Crippen LogP contribution in [0.5, 0.6) is 11.5 Å². The molecule has 0 aliphatic rings. The highest BCUT2D eigenvalue weighted by Crippen LogP contribution is 2.22. The normalized spacial score (nSPS) is 10.2. The number of benzene rings is 2. The van der Waals surface area contributed by atoms with Crippen molar-refractivity contribution in [3.63, 3.8) is 0 Å². The quantitative estimate of drug-likeness (QED) is 0.503. The molecule has 26 heavy (non-hydrogen) atoms. The second-order valence-corrected chi connectivity index (χ2v) is 5.32. The van der Waals surface area contributed by atoms with Crippen molar-refractivity contribution in [1.82, 2.24) is 5.32 Å². The highest BCUT2D eigenvalue weighted by Gasteiger charge is 2.06. The van der Waals surface area contributed by atoms with E-state index in [0.29, 0.717) is 36.9 Å². The van der Waals surface area contributed by atoms with Gasteiger partial charge in [-0.1, -0.05) is 24.3 Å². The first-order chi connectivity index (χ1) is 12.7. The van der Waals surface area contributed by atoms with E-state index in [0.717, 1.165) is 5.56 Å². The first-order valence-corrected chi connectivity index (χ1v) is 8.19. The Morgan fingerprint density at radius 1 is 1.00 bits per heavy atom. The van der Waals surface area contributed by atoms with Crippen LogP contribution in [-0.4, -0.2) is 40.3 Å². The zero-order chi connectivity index (χ0) is 18.6. The molecule has 7 nitrogen and oxygen atoms in total. The van der Waals surface area contributed by atoms with Crippen molar-refractivity contribution in [3.05, 3.63) is 54.1 Å². The highest BCUT2D eigenvalue weighted by molar-refractivity contribution is 5.90. The van der Waals surface area contributed by atoms with Crippen LogP contribution in [0, 0.1) is 0 Å². The van der Waals surface area contributed by atoms with Gasteiger partial charge >= 0.3 is 6.03 Å². The van der Waals surface area contributed by atoms with Crippen molar-refractivity contribution < 1.29 is 23.7 Å². The molecule has 0 heterocycles. The Labute approximate surface area is 153 Å². The van der Waals surface area contributed by atoms with Crippen LogP contribution in [0.3, 0.4) is 0 Å². The summed E-state index contributed by atoms with van der Waals surface area (Å²) in [5.41, 5.74) is 1.57. The molecule has 2 rings (SSSR count). The summed E-state index contributed by atoms with van der Waals surface area (Å²) in [7, 11) is 3.18. The van der Waals surface area contributed by atoms with Gasteiger partial charge < -0.3 is 29.6 Å². The van der Waals surface area contributed by atoms with Gasteiger partial charge in [0.2, 0.25) is 0 Å². The molecule has 2 N–H and O–H groups in total. The third-order valence-electron chi connectivity index (χ3n) is 3.47. The summed E-state index contributed by atoms with van der Waals surface area (Å²) in [5.74, 6) is 1.31. The lowest BCUT2D eigenvalue weighted by atomic mass is 10.2. The Bertz CT molecular complexity index is 676. The van der Waals surface area contributed by atoms with Crippen LogP contribution in [0.1, 0.15) is 5.56 Å². The predicted octanol–water partition coefficient (Wildman–Crippen LogP) is 3.02. The summed E-state index contributed by atoms with van der Waals surface area (Å²) in [6, 6.07) is 14.4. The lowest BCUT2D eigenvalue weighted by Crippen LogP contribution is -2.28. The molecule has 2 aromatic rings. The number of urea groups is 1. The van der Waals surface area contributed by atoms with Crippen LogP contribution < -0.4 is 20.1 Å². The van der Waals surface area contributed by atoms with Crippen molar-refractivity contribution in [2.45, 2.75) is 6.54 Å². The fourth-order valence-electron chi connectivity index (χ4n) is 2.11. The van der Waals surface area contributed by atoms with E-state index >= 15 is 0 Å². The van der Waals surface area contributed by atoms with Gasteiger partial charge in [-0.2, -0.15) is 0 Å². The first-order valence-electron chi connectivity index (χ1n) is 8.19. The number of hydrogen-bond acceptors (Lipinski definition) is 5. The van der Waals surface area contributed by atoms with Gasteiger partial charge in [0, 0.05) is 13.7 Å². The fourth-order valence-corrected chi connectivity index (χ4v) is 2.11. The molecule has 0 fully saturated rings. The Morgan fingerprint density at radius 2 is 1.77 bits per heavy atom. The van der Waals surface area contributed by atoms with Gasteiger partial charge in [-0.25, -0.2) is 4.79 Å². The number of anilines is 1. The molecule has 0 unspecified atom stereocenters. The Kier molecular flexibility index (Phi) is 8.25. The molecule has 7 heteroatoms. The number of para-hydroxylation sites is 2. The lowest BCUT2D eigenvalue weighted by molar-refractivity contribution is -0.00847. The van der Waals surface area contributed by atoms with E-state index in [1.54, 1.807) is 26.4 Å². The van der Waals surface area contributed by atoms with Gasteiger partial charge in [-0.15, -0.1) is 0 Å². The minimum Gasteiger partial charge on any atom is -0.495 e. The van der Waals surface area contributed by atoms with E-state index in [9.17, 15) is 4.79 Å². The van der Waals surface area contributed by atoms with Crippen molar-refractivity contribution in [2.75, 3.05) is 39.5 Å². The molecule has 140 valence electrons. The largest absolute Gasteiger partial charge is 0.495 e. The van der Waals surface area contributed by atoms with E-state index in [2.05, 4.69) is 10.6 Å². The molecule has 0 saturated heterocycles. The van der Waals surface area contributed by atoms with Gasteiger partial charge in [-0.3, -0.25) is 0 Å². The predicted molar refractivity (Wildman–Crippen MR) is 98.6 cm³/mol. The topological polar surface area (TPSA) is 78.0 Å². The summed E-state index contributed by atoms with van der Waals surface area (Å²) >= 11 is 0. The van der Waals surface area contributed by atoms with Crippen LogP contribution in [0.15, 0.2) is 48.5 Å². The number of nitrogens with one attached hydrogen (secondary N) is 2. The highest BCUT2D eigenvalue weighted by atomic mass is 16.7. The minimum absolute atomic E-state index is 0.169. The Hall–Kier alpha value is -2.77. The third-order valence-corrected chi connectivity index (χ3v) is 3.47. The van der Waals surface area contributed by atoms with E-state index in [4.69, 9.17) is 18.9 Å². The molecule has 0 bridgehead atoms. The Balaban J connectivity index is 1.74. The lowest BCUT2D eigenvalue weighted by Gasteiger charge is -2.11. The molecule has 0 saturated carbocycles. The zero-order valence-electron chi connectivity index (χ0n) is 15.0. The molecule has 2 amide bonds. The van der Waals surface area contributed by atoms with Gasteiger partial charge in [0.25, 0.3) is 0 Å². The van der Waals surface area contributed by atoms with E-state index in [1.807, 2.05) is 36.4 Å². The number of amides is 2. The van der Waals surface area contributed by atoms with Crippen LogP contribution in [0.4, 0.5) is 10.5 Å². The maximum Gasteiger partial charge on any atom is 0.319 e. The summed E-state index contributed by atoms with van der Waals surface area (Å²) < 4.78 is 20.8. The summed E-state index contributed by atoms with van der Waals surface area (Å²) in [6.07, 6.45) is 0. The van der Waals surface area contributed by atoms with Crippen LogP contribution in [-0.2, 0) is 16.0 Å². The number of hydrogen-bond donors (Lipinski definition) is 2. The molecule has 0 aromatic heterocycles. The minimum atomic E-state index is -0.304. The van der Waals surface area contributed by atoms with Crippen molar-refractivity contribution >= 4 is 11.7 Å². The monoisotopic (exact) mass is 360 g/mol. The average molecular weight is 360 g/mol. The van der Waals surface area contributed by atoms with Gasteiger partial charge in [-0.05, 0) is 29.8 Å². The first kappa shape index (κ1) is 19.6. The number of carbonyl (C=O) groups is 1.